The van der Waals surface area contributed by atoms with E-state index in [4.69, 9.17) is 40.1 Å². The van der Waals surface area contributed by atoms with Crippen molar-refractivity contribution in [3.63, 3.8) is 0 Å². The van der Waals surface area contributed by atoms with Gasteiger partial charge in [-0.2, -0.15) is 5.26 Å². The smallest absolute Gasteiger partial charge is 0.238 e. The zero-order valence-electron chi connectivity index (χ0n) is 15.1. The van der Waals surface area contributed by atoms with Crippen LogP contribution in [0, 0.1) is 11.3 Å². The number of nitrogens with zero attached hydrogens (tertiary/aromatic N) is 3. The number of hydrogen-bond acceptors (Lipinski definition) is 4. The molecule has 3 rings (SSSR count). The molecule has 1 saturated heterocycles. The number of hydrogen-bond donors (Lipinski definition) is 1. The normalized spacial score (nSPS) is 15.2. The first-order valence-electron chi connectivity index (χ1n) is 8.83. The van der Waals surface area contributed by atoms with Crippen LogP contribution in [0.3, 0.4) is 0 Å². The molecule has 0 aromatic heterocycles. The molecule has 5 nitrogen and oxygen atoms in total. The van der Waals surface area contributed by atoms with E-state index in [1.54, 1.807) is 12.1 Å². The largest absolute Gasteiger partial charge is 0.322 e. The Labute approximate surface area is 179 Å². The molecule has 0 atom stereocenters. The van der Waals surface area contributed by atoms with Gasteiger partial charge in [-0.1, -0.05) is 46.9 Å². The van der Waals surface area contributed by atoms with Crippen LogP contribution in [0.25, 0.3) is 0 Å². The van der Waals surface area contributed by atoms with Crippen LogP contribution in [0.4, 0.5) is 5.69 Å². The van der Waals surface area contributed by atoms with Gasteiger partial charge < -0.3 is 5.32 Å². The maximum atomic E-state index is 12.4. The number of nitriles is 1. The van der Waals surface area contributed by atoms with Crippen LogP contribution in [0.2, 0.25) is 15.1 Å². The fourth-order valence-electron chi connectivity index (χ4n) is 3.09. The van der Waals surface area contributed by atoms with Gasteiger partial charge in [0.15, 0.2) is 0 Å². The summed E-state index contributed by atoms with van der Waals surface area (Å²) in [6.07, 6.45) is 0. The third-order valence-corrected chi connectivity index (χ3v) is 5.41. The van der Waals surface area contributed by atoms with E-state index in [1.165, 1.54) is 5.56 Å². The predicted octanol–water partition coefficient (Wildman–Crippen LogP) is 4.27. The van der Waals surface area contributed by atoms with Gasteiger partial charge in [-0.15, -0.1) is 0 Å². The number of carbonyl (C=O) groups is 1. The second-order valence-electron chi connectivity index (χ2n) is 6.65. The maximum Gasteiger partial charge on any atom is 0.238 e. The summed E-state index contributed by atoms with van der Waals surface area (Å²) in [5, 5.41) is 12.7. The lowest BCUT2D eigenvalue weighted by molar-refractivity contribution is -0.117. The second-order valence-corrected chi connectivity index (χ2v) is 7.90. The number of carbonyl (C=O) groups excluding carboxylic acids is 1. The van der Waals surface area contributed by atoms with E-state index in [9.17, 15) is 4.79 Å². The number of benzene rings is 2. The Morgan fingerprint density at radius 1 is 1.00 bits per heavy atom. The van der Waals surface area contributed by atoms with Gasteiger partial charge in [0, 0.05) is 37.7 Å². The molecule has 0 unspecified atom stereocenters. The molecule has 1 heterocycles. The topological polar surface area (TPSA) is 59.4 Å². The van der Waals surface area contributed by atoms with Crippen molar-refractivity contribution in [2.24, 2.45) is 0 Å². The van der Waals surface area contributed by atoms with E-state index in [0.717, 1.165) is 32.7 Å². The lowest BCUT2D eigenvalue weighted by Gasteiger charge is -2.34. The highest BCUT2D eigenvalue weighted by molar-refractivity contribution is 6.42. The Morgan fingerprint density at radius 3 is 2.14 bits per heavy atom. The van der Waals surface area contributed by atoms with Crippen molar-refractivity contribution in [3.05, 3.63) is 62.6 Å². The van der Waals surface area contributed by atoms with E-state index >= 15 is 0 Å². The highest BCUT2D eigenvalue weighted by Gasteiger charge is 2.20. The van der Waals surface area contributed by atoms with Gasteiger partial charge in [0.25, 0.3) is 0 Å². The molecule has 146 valence electrons. The fourth-order valence-corrected chi connectivity index (χ4v) is 4.00. The van der Waals surface area contributed by atoms with Crippen LogP contribution in [-0.2, 0) is 11.3 Å². The lowest BCUT2D eigenvalue weighted by Crippen LogP contribution is -2.48. The summed E-state index contributed by atoms with van der Waals surface area (Å²) < 4.78 is 0. The molecule has 8 heteroatoms. The number of anilines is 1. The Kier molecular flexibility index (Phi) is 7.17. The minimum atomic E-state index is -0.160. The van der Waals surface area contributed by atoms with Gasteiger partial charge in [0.05, 0.1) is 33.9 Å². The van der Waals surface area contributed by atoms with Crippen LogP contribution in [0.15, 0.2) is 36.4 Å². The average molecular weight is 438 g/mol. The monoisotopic (exact) mass is 436 g/mol. The summed E-state index contributed by atoms with van der Waals surface area (Å²) >= 11 is 18.1. The van der Waals surface area contributed by atoms with Crippen LogP contribution >= 0.6 is 34.8 Å². The summed E-state index contributed by atoms with van der Waals surface area (Å²) in [7, 11) is 0. The van der Waals surface area contributed by atoms with Crippen LogP contribution in [0.1, 0.15) is 11.1 Å². The van der Waals surface area contributed by atoms with E-state index < -0.39 is 0 Å². The van der Waals surface area contributed by atoms with Gasteiger partial charge in [-0.3, -0.25) is 14.6 Å². The summed E-state index contributed by atoms with van der Waals surface area (Å²) in [4.78, 5) is 16.8. The van der Waals surface area contributed by atoms with Crippen molar-refractivity contribution < 1.29 is 4.79 Å². The van der Waals surface area contributed by atoms with Crippen LogP contribution in [0.5, 0.6) is 0 Å². The van der Waals surface area contributed by atoms with Gasteiger partial charge in [0.1, 0.15) is 0 Å². The molecular weight excluding hydrogens is 419 g/mol. The highest BCUT2D eigenvalue weighted by Crippen LogP contribution is 2.33. The summed E-state index contributed by atoms with van der Waals surface area (Å²) in [5.41, 5.74) is 2.23. The van der Waals surface area contributed by atoms with E-state index in [1.807, 2.05) is 24.3 Å². The first-order valence-corrected chi connectivity index (χ1v) is 9.96. The predicted molar refractivity (Wildman–Crippen MR) is 113 cm³/mol. The number of halogens is 3. The first-order chi connectivity index (χ1) is 13.4. The van der Waals surface area contributed by atoms with Crippen molar-refractivity contribution in [2.45, 2.75) is 6.54 Å². The van der Waals surface area contributed by atoms with Gasteiger partial charge in [-0.25, -0.2) is 0 Å². The Balaban J connectivity index is 1.47. The van der Waals surface area contributed by atoms with Gasteiger partial charge in [-0.05, 0) is 29.8 Å². The van der Waals surface area contributed by atoms with Gasteiger partial charge >= 0.3 is 0 Å². The average Bonchev–Trinajstić information content (AvgIpc) is 2.67. The third-order valence-electron chi connectivity index (χ3n) is 4.59. The highest BCUT2D eigenvalue weighted by atomic mass is 35.5. The Bertz CT molecular complexity index is 864. The number of piperazine rings is 1. The van der Waals surface area contributed by atoms with E-state index in [2.05, 4.69) is 21.2 Å². The number of nitrogens with one attached hydrogen (secondary N) is 1. The maximum absolute atomic E-state index is 12.4. The first kappa shape index (κ1) is 20.9. The summed E-state index contributed by atoms with van der Waals surface area (Å²) in [6, 6.07) is 12.9. The molecular formula is C20H19Cl3N4O. The number of amides is 1. The second kappa shape index (κ2) is 9.60. The molecule has 1 aliphatic heterocycles. The van der Waals surface area contributed by atoms with Crippen molar-refractivity contribution in [2.75, 3.05) is 38.0 Å². The van der Waals surface area contributed by atoms with Crippen molar-refractivity contribution in [3.8, 4) is 6.07 Å². The molecule has 28 heavy (non-hydrogen) atoms. The molecule has 2 aromatic rings. The SMILES string of the molecule is N#Cc1ccc(CN2CCN(CC(=O)Nc3c(Cl)cc(Cl)cc3Cl)CC2)cc1. The Hall–Kier alpha value is -1.81. The van der Waals surface area contributed by atoms with Crippen molar-refractivity contribution in [1.29, 1.82) is 5.26 Å². The zero-order valence-corrected chi connectivity index (χ0v) is 17.4. The summed E-state index contributed by atoms with van der Waals surface area (Å²) in [6.45, 7) is 4.45. The van der Waals surface area contributed by atoms with Crippen molar-refractivity contribution >= 4 is 46.4 Å². The molecule has 0 radical (unpaired) electrons. The lowest BCUT2D eigenvalue weighted by atomic mass is 10.1. The molecule has 2 aromatic carbocycles. The minimum absolute atomic E-state index is 0.160. The van der Waals surface area contributed by atoms with E-state index in [0.29, 0.717) is 26.3 Å². The fraction of sp³-hybridized carbons (Fsp3) is 0.300. The number of rotatable bonds is 5. The molecule has 0 bridgehead atoms. The van der Waals surface area contributed by atoms with Crippen molar-refractivity contribution in [1.82, 2.24) is 9.80 Å². The molecule has 1 fully saturated rings. The summed E-state index contributed by atoms with van der Waals surface area (Å²) in [5.74, 6) is -0.160. The van der Waals surface area contributed by atoms with E-state index in [-0.39, 0.29) is 12.5 Å². The molecule has 1 aliphatic rings. The Morgan fingerprint density at radius 2 is 1.57 bits per heavy atom. The third kappa shape index (κ3) is 5.60. The molecule has 1 N–H and O–H groups in total. The molecule has 0 spiro atoms. The van der Waals surface area contributed by atoms with Gasteiger partial charge in [0.2, 0.25) is 5.91 Å². The molecule has 0 saturated carbocycles. The zero-order chi connectivity index (χ0) is 20.1. The molecule has 1 amide bonds. The van der Waals surface area contributed by atoms with Crippen LogP contribution < -0.4 is 5.32 Å². The quantitative estimate of drug-likeness (QED) is 0.759. The van der Waals surface area contributed by atoms with Crippen LogP contribution in [-0.4, -0.2) is 48.4 Å². The minimum Gasteiger partial charge on any atom is -0.322 e. The standard InChI is InChI=1S/C20H19Cl3N4O/c21-16-9-17(22)20(18(23)10-16)25-19(28)13-27-7-5-26(6-8-27)12-15-3-1-14(11-24)2-4-15/h1-4,9-10H,5-8,12-13H2,(H,25,28). The molecule has 0 aliphatic carbocycles.